The van der Waals surface area contributed by atoms with Gasteiger partial charge in [0.2, 0.25) is 5.88 Å². The molecule has 1 aromatic rings. The molecular weight excluding hydrogens is 240 g/mol. The van der Waals surface area contributed by atoms with Crippen molar-refractivity contribution in [2.45, 2.75) is 38.7 Å². The van der Waals surface area contributed by atoms with Crippen LogP contribution < -0.4 is 15.0 Å². The number of ether oxygens (including phenoxy) is 1. The van der Waals surface area contributed by atoms with Gasteiger partial charge < -0.3 is 15.0 Å². The first-order chi connectivity index (χ1) is 9.31. The van der Waals surface area contributed by atoms with Gasteiger partial charge in [0.1, 0.15) is 17.7 Å². The van der Waals surface area contributed by atoms with Crippen LogP contribution in [0.25, 0.3) is 0 Å². The lowest BCUT2D eigenvalue weighted by molar-refractivity contribution is 0.155. The molecule has 0 unspecified atom stereocenters. The maximum Gasteiger partial charge on any atom is 0.218 e. The summed E-state index contributed by atoms with van der Waals surface area (Å²) in [4.78, 5) is 11.3. The molecular formula is C14H22N4O. The van der Waals surface area contributed by atoms with Gasteiger partial charge in [-0.2, -0.15) is 4.98 Å². The molecule has 5 heteroatoms. The third-order valence-electron chi connectivity index (χ3n) is 3.80. The predicted octanol–water partition coefficient (Wildman–Crippen LogP) is 1.52. The lowest BCUT2D eigenvalue weighted by atomic mass is 10.1. The number of hydrogen-bond donors (Lipinski definition) is 1. The van der Waals surface area contributed by atoms with Crippen LogP contribution in [0.15, 0.2) is 6.07 Å². The third-order valence-corrected chi connectivity index (χ3v) is 3.80. The Labute approximate surface area is 114 Å². The van der Waals surface area contributed by atoms with Gasteiger partial charge in [-0.3, -0.25) is 0 Å². The molecule has 2 aliphatic rings. The quantitative estimate of drug-likeness (QED) is 0.895. The molecule has 1 N–H and O–H groups in total. The fraction of sp³-hybridized carbons (Fsp3) is 0.714. The van der Waals surface area contributed by atoms with Crippen LogP contribution in [-0.4, -0.2) is 42.3 Å². The normalized spacial score (nSPS) is 20.8. The number of nitrogens with one attached hydrogen (secondary N) is 1. The number of rotatable bonds is 3. The summed E-state index contributed by atoms with van der Waals surface area (Å²) in [5.41, 5.74) is 0. The average molecular weight is 262 g/mol. The van der Waals surface area contributed by atoms with Gasteiger partial charge in [0.05, 0.1) is 0 Å². The predicted molar refractivity (Wildman–Crippen MR) is 74.7 cm³/mol. The molecule has 0 atom stereocenters. The Balaban J connectivity index is 1.73. The van der Waals surface area contributed by atoms with E-state index in [2.05, 4.69) is 20.2 Å². The van der Waals surface area contributed by atoms with Crippen LogP contribution in [0, 0.1) is 6.92 Å². The lowest BCUT2D eigenvalue weighted by Gasteiger charge is -2.24. The molecule has 5 nitrogen and oxygen atoms in total. The summed E-state index contributed by atoms with van der Waals surface area (Å²) < 4.78 is 6.02. The van der Waals surface area contributed by atoms with Gasteiger partial charge in [-0.05, 0) is 45.7 Å². The Morgan fingerprint density at radius 2 is 1.95 bits per heavy atom. The second-order valence-electron chi connectivity index (χ2n) is 5.37. The molecule has 104 valence electrons. The highest BCUT2D eigenvalue weighted by Gasteiger charge is 2.18. The van der Waals surface area contributed by atoms with E-state index in [1.807, 2.05) is 13.0 Å². The van der Waals surface area contributed by atoms with Crippen LogP contribution in [0.4, 0.5) is 5.82 Å². The maximum absolute atomic E-state index is 6.02. The van der Waals surface area contributed by atoms with E-state index < -0.39 is 0 Å². The van der Waals surface area contributed by atoms with Crippen molar-refractivity contribution >= 4 is 5.82 Å². The minimum absolute atomic E-state index is 0.293. The fourth-order valence-electron chi connectivity index (χ4n) is 2.78. The van der Waals surface area contributed by atoms with Crippen LogP contribution >= 0.6 is 0 Å². The number of aromatic nitrogens is 2. The van der Waals surface area contributed by atoms with Crippen LogP contribution in [0.3, 0.4) is 0 Å². The molecule has 0 saturated carbocycles. The van der Waals surface area contributed by atoms with Crippen molar-refractivity contribution in [2.24, 2.45) is 0 Å². The zero-order valence-corrected chi connectivity index (χ0v) is 11.6. The molecule has 3 heterocycles. The van der Waals surface area contributed by atoms with Crippen molar-refractivity contribution in [3.63, 3.8) is 0 Å². The molecule has 19 heavy (non-hydrogen) atoms. The van der Waals surface area contributed by atoms with E-state index in [-0.39, 0.29) is 0 Å². The molecule has 0 amide bonds. The molecule has 0 bridgehead atoms. The van der Waals surface area contributed by atoms with E-state index in [9.17, 15) is 0 Å². The maximum atomic E-state index is 6.02. The van der Waals surface area contributed by atoms with Crippen LogP contribution in [0.2, 0.25) is 0 Å². The van der Waals surface area contributed by atoms with E-state index in [0.29, 0.717) is 6.10 Å². The van der Waals surface area contributed by atoms with E-state index in [0.717, 1.165) is 56.5 Å². The van der Waals surface area contributed by atoms with Crippen LogP contribution in [-0.2, 0) is 0 Å². The van der Waals surface area contributed by atoms with Gasteiger partial charge in [0.25, 0.3) is 0 Å². The Kier molecular flexibility index (Phi) is 3.82. The SMILES string of the molecule is Cc1nc(OC2CCNCC2)cc(N2CCCC2)n1. The Morgan fingerprint density at radius 1 is 1.21 bits per heavy atom. The summed E-state index contributed by atoms with van der Waals surface area (Å²) in [5.74, 6) is 2.56. The van der Waals surface area contributed by atoms with E-state index in [1.165, 1.54) is 12.8 Å². The second kappa shape index (κ2) is 5.74. The summed E-state index contributed by atoms with van der Waals surface area (Å²) in [6.45, 7) is 6.21. The van der Waals surface area contributed by atoms with Crippen molar-refractivity contribution in [3.8, 4) is 5.88 Å². The van der Waals surface area contributed by atoms with Gasteiger partial charge in [-0.25, -0.2) is 4.98 Å². The number of anilines is 1. The highest BCUT2D eigenvalue weighted by molar-refractivity contribution is 5.42. The third kappa shape index (κ3) is 3.15. The van der Waals surface area contributed by atoms with Gasteiger partial charge in [-0.1, -0.05) is 0 Å². The van der Waals surface area contributed by atoms with Gasteiger partial charge in [-0.15, -0.1) is 0 Å². The van der Waals surface area contributed by atoms with E-state index in [4.69, 9.17) is 4.74 Å². The molecule has 0 aliphatic carbocycles. The van der Waals surface area contributed by atoms with Gasteiger partial charge in [0.15, 0.2) is 0 Å². The first-order valence-electron chi connectivity index (χ1n) is 7.29. The lowest BCUT2D eigenvalue weighted by Crippen LogP contribution is -2.34. The first-order valence-corrected chi connectivity index (χ1v) is 7.29. The van der Waals surface area contributed by atoms with Crippen LogP contribution in [0.1, 0.15) is 31.5 Å². The van der Waals surface area contributed by atoms with Crippen molar-refractivity contribution in [3.05, 3.63) is 11.9 Å². The zero-order chi connectivity index (χ0) is 13.1. The smallest absolute Gasteiger partial charge is 0.218 e. The molecule has 3 rings (SSSR count). The van der Waals surface area contributed by atoms with E-state index >= 15 is 0 Å². The van der Waals surface area contributed by atoms with Crippen LogP contribution in [0.5, 0.6) is 5.88 Å². The summed E-state index contributed by atoms with van der Waals surface area (Å²) in [6.07, 6.45) is 4.92. The average Bonchev–Trinajstić information content (AvgIpc) is 2.93. The molecule has 1 aromatic heterocycles. The molecule has 0 spiro atoms. The molecule has 2 fully saturated rings. The highest BCUT2D eigenvalue weighted by atomic mass is 16.5. The Bertz CT molecular complexity index is 425. The molecule has 0 aromatic carbocycles. The minimum atomic E-state index is 0.293. The number of hydrogen-bond acceptors (Lipinski definition) is 5. The minimum Gasteiger partial charge on any atom is -0.474 e. The molecule has 2 aliphatic heterocycles. The number of nitrogens with zero attached hydrogens (tertiary/aromatic N) is 3. The first kappa shape index (κ1) is 12.7. The highest BCUT2D eigenvalue weighted by Crippen LogP contribution is 2.23. The Hall–Kier alpha value is -1.36. The zero-order valence-electron chi connectivity index (χ0n) is 11.6. The topological polar surface area (TPSA) is 50.3 Å². The number of piperidine rings is 1. The second-order valence-corrected chi connectivity index (χ2v) is 5.37. The van der Waals surface area contributed by atoms with Gasteiger partial charge in [0, 0.05) is 19.2 Å². The summed E-state index contributed by atoms with van der Waals surface area (Å²) >= 11 is 0. The van der Waals surface area contributed by atoms with E-state index in [1.54, 1.807) is 0 Å². The standard InChI is InChI=1S/C14H22N4O/c1-11-16-13(18-8-2-3-9-18)10-14(17-11)19-12-4-6-15-7-5-12/h10,12,15H,2-9H2,1H3. The molecule has 0 radical (unpaired) electrons. The van der Waals surface area contributed by atoms with Gasteiger partial charge >= 0.3 is 0 Å². The van der Waals surface area contributed by atoms with Crippen molar-refractivity contribution in [1.82, 2.24) is 15.3 Å². The largest absolute Gasteiger partial charge is 0.474 e. The number of aryl methyl sites for hydroxylation is 1. The fourth-order valence-corrected chi connectivity index (χ4v) is 2.78. The summed E-state index contributed by atoms with van der Waals surface area (Å²) in [6, 6.07) is 2.00. The summed E-state index contributed by atoms with van der Waals surface area (Å²) in [7, 11) is 0. The summed E-state index contributed by atoms with van der Waals surface area (Å²) in [5, 5.41) is 3.35. The monoisotopic (exact) mass is 262 g/mol. The molecule has 2 saturated heterocycles. The van der Waals surface area contributed by atoms with Crippen molar-refractivity contribution in [1.29, 1.82) is 0 Å². The Morgan fingerprint density at radius 3 is 2.68 bits per heavy atom. The van der Waals surface area contributed by atoms with Crippen molar-refractivity contribution in [2.75, 3.05) is 31.1 Å². The van der Waals surface area contributed by atoms with Crippen molar-refractivity contribution < 1.29 is 4.74 Å².